The van der Waals surface area contributed by atoms with Gasteiger partial charge in [0.25, 0.3) is 0 Å². The fourth-order valence-electron chi connectivity index (χ4n) is 18.5. The molecule has 8 heterocycles. The zero-order valence-corrected chi connectivity index (χ0v) is 73.2. The first-order valence-corrected chi connectivity index (χ1v) is 47.0. The highest BCUT2D eigenvalue weighted by atomic mass is 32.1. The number of fused-ring (bicyclic) bond motifs is 17. The summed E-state index contributed by atoms with van der Waals surface area (Å²) in [6.45, 7) is 0. The van der Waals surface area contributed by atoms with Crippen molar-refractivity contribution in [3.8, 4) is 101 Å². The highest BCUT2D eigenvalue weighted by Gasteiger charge is 2.31. The first-order valence-electron chi connectivity index (χ1n) is 43.1. The van der Waals surface area contributed by atoms with Crippen molar-refractivity contribution in [3.05, 3.63) is 425 Å². The topological polar surface area (TPSA) is 169 Å². The third kappa shape index (κ3) is 13.8. The predicted octanol–water partition coefficient (Wildman–Crippen LogP) is 27.8. The van der Waals surface area contributed by atoms with Gasteiger partial charge in [-0.2, -0.15) is 26.2 Å². The van der Waals surface area contributed by atoms with Crippen LogP contribution in [0.5, 0.6) is 0 Å². The fourth-order valence-corrected chi connectivity index (χ4v) is 22.8. The van der Waals surface area contributed by atoms with Gasteiger partial charge in [0.2, 0.25) is 0 Å². The van der Waals surface area contributed by atoms with E-state index >= 15 is 0 Å². The van der Waals surface area contributed by atoms with Gasteiger partial charge in [-0.3, -0.25) is 9.13 Å². The minimum Gasteiger partial charge on any atom is -0.309 e. The summed E-state index contributed by atoms with van der Waals surface area (Å²) in [5.74, 6) is 1.83. The van der Waals surface area contributed by atoms with Crippen LogP contribution >= 0.6 is 42.3 Å². The molecule has 0 N–H and O–H groups in total. The molecule has 26 rings (SSSR count). The molecule has 26 aromatic rings. The molecule has 0 atom stereocenters. The number of rotatable bonds is 13. The lowest BCUT2D eigenvalue weighted by molar-refractivity contribution is 0.592. The molecule has 18 aromatic carbocycles. The van der Waals surface area contributed by atoms with Crippen molar-refractivity contribution in [1.82, 2.24) is 60.3 Å². The van der Waals surface area contributed by atoms with Crippen molar-refractivity contribution in [2.45, 2.75) is 0 Å². The number of nitrogens with zero attached hydrogens (tertiary/aromatic N) is 13. The molecule has 0 saturated heterocycles. The Balaban J connectivity index is 0.000000109. The second-order valence-corrected chi connectivity index (χ2v) is 36.5. The van der Waals surface area contributed by atoms with Crippen molar-refractivity contribution in [2.24, 2.45) is 0 Å². The molecular weight excluding hydrogens is 1680 g/mol. The molecule has 0 aliphatic heterocycles. The first kappa shape index (κ1) is 78.1. The standard InChI is InChI=1S/2C38H23N5S.C37H24N3OPS/c1-3-11-25(12-4-1)35-30-23-29(36-37(42-44-41-36)34(30)28-15-7-8-16-31(28)39-35)24-19-21-26(22-20-24)38-40-32-17-9-10-18-33(32)43(38)27-13-5-2-6-14-27;1-3-11-25(12-4-1)35-30-23-29(36-37(42-44-41-36)34(30)28-15-7-8-16-31(28)39-35)24-19-21-27(22-20-24)43-33-18-10-9-17-32(33)40-38(43)26-13-5-2-6-14-26;41-42(27-14-6-2-7-15-27,28-16-8-3-9-17-28)29-22-20-25(21-23-29)31-24-32-34(37-36(31)39-43-40-37)30-18-10-11-19-33(30)38-35(32)26-12-4-1-5-13-26/h2*1-23H;1-24H. The molecule has 18 heteroatoms. The SMILES string of the molecule is O=P(c1ccccc1)(c1ccccc1)c1ccc(-c2cc3c(-c4ccccc4)nc4ccccc4c3c3nsnc23)cc1.c1ccc(-c2nc3ccccc3c3c2cc(-c2ccc(-c4nc5ccccc5n4-c4ccccc4)cc2)c2nsnc23)cc1.c1ccc(-c2nc3ccccc3c3c2cc(-c2ccc(-n4c(-c5ccccc5)nc5ccccc54)cc2)c2nsnc23)cc1. The van der Waals surface area contributed by atoms with E-state index in [4.69, 9.17) is 51.2 Å². The summed E-state index contributed by atoms with van der Waals surface area (Å²) in [6, 6.07) is 145. The minimum atomic E-state index is -3.07. The van der Waals surface area contributed by atoms with Gasteiger partial charge in [0, 0.05) is 120 Å². The summed E-state index contributed by atoms with van der Waals surface area (Å²) in [6.07, 6.45) is 0. The molecule has 0 saturated carbocycles. The summed E-state index contributed by atoms with van der Waals surface area (Å²) in [5, 5.41) is 12.1. The number of hydrogen-bond acceptors (Lipinski definition) is 15. The van der Waals surface area contributed by atoms with Crippen LogP contribution in [0.15, 0.2) is 425 Å². The van der Waals surface area contributed by atoms with Gasteiger partial charge in [0.05, 0.1) is 90.9 Å². The van der Waals surface area contributed by atoms with Gasteiger partial charge in [-0.05, 0) is 102 Å². The summed E-state index contributed by atoms with van der Waals surface area (Å²) >= 11 is 3.73. The van der Waals surface area contributed by atoms with Crippen molar-refractivity contribution >= 4 is 178 Å². The Morgan fingerprint density at radius 2 is 0.466 bits per heavy atom. The van der Waals surface area contributed by atoms with E-state index in [2.05, 4.69) is 282 Å². The highest BCUT2D eigenvalue weighted by molar-refractivity contribution is 7.85. The minimum absolute atomic E-state index is 0.791. The fraction of sp³-hybridized carbons (Fsp3) is 0. The predicted molar refractivity (Wildman–Crippen MR) is 543 cm³/mol. The maximum Gasteiger partial charge on any atom is 0.171 e. The van der Waals surface area contributed by atoms with Crippen molar-refractivity contribution in [1.29, 1.82) is 0 Å². The average Bonchev–Trinajstić information content (AvgIpc) is 1.72. The molecule has 0 amide bonds. The van der Waals surface area contributed by atoms with Crippen molar-refractivity contribution < 1.29 is 4.57 Å². The smallest absolute Gasteiger partial charge is 0.171 e. The lowest BCUT2D eigenvalue weighted by Gasteiger charge is -2.20. The van der Waals surface area contributed by atoms with Crippen molar-refractivity contribution in [2.75, 3.05) is 0 Å². The number of imidazole rings is 2. The van der Waals surface area contributed by atoms with Crippen LogP contribution in [0, 0.1) is 0 Å². The lowest BCUT2D eigenvalue weighted by atomic mass is 9.94. The van der Waals surface area contributed by atoms with E-state index in [9.17, 15) is 4.57 Å². The van der Waals surface area contributed by atoms with Crippen LogP contribution in [0.3, 0.4) is 0 Å². The van der Waals surface area contributed by atoms with E-state index in [0.717, 1.165) is 237 Å². The van der Waals surface area contributed by atoms with E-state index in [-0.39, 0.29) is 0 Å². The first-order chi connectivity index (χ1) is 64.9. The zero-order chi connectivity index (χ0) is 86.9. The van der Waals surface area contributed by atoms with Crippen LogP contribution in [0.1, 0.15) is 0 Å². The second kappa shape index (κ2) is 33.1. The summed E-state index contributed by atoms with van der Waals surface area (Å²) < 4.78 is 48.3. The summed E-state index contributed by atoms with van der Waals surface area (Å²) in [4.78, 5) is 25.5. The second-order valence-electron chi connectivity index (χ2n) is 32.1. The Hall–Kier alpha value is -16.4. The van der Waals surface area contributed by atoms with E-state index in [0.29, 0.717) is 0 Å². The van der Waals surface area contributed by atoms with Gasteiger partial charge in [-0.1, -0.05) is 340 Å². The van der Waals surface area contributed by atoms with Gasteiger partial charge < -0.3 is 4.57 Å². The van der Waals surface area contributed by atoms with Crippen LogP contribution in [0.2, 0.25) is 0 Å². The van der Waals surface area contributed by atoms with Crippen LogP contribution in [0.25, 0.3) is 221 Å². The maximum atomic E-state index is 14.9. The van der Waals surface area contributed by atoms with Crippen LogP contribution < -0.4 is 15.9 Å². The molecule has 14 nitrogen and oxygen atoms in total. The third-order valence-electron chi connectivity index (χ3n) is 24.6. The van der Waals surface area contributed by atoms with E-state index < -0.39 is 7.14 Å². The number of hydrogen-bond donors (Lipinski definition) is 0. The molecule has 8 aromatic heterocycles. The molecular formula is C113H70N13OPS3. The quantitative estimate of drug-likeness (QED) is 0.0792. The number of aromatic nitrogens is 13. The number of para-hydroxylation sites is 8. The van der Waals surface area contributed by atoms with Gasteiger partial charge in [-0.25, -0.2) is 24.9 Å². The van der Waals surface area contributed by atoms with Gasteiger partial charge in [0.15, 0.2) is 7.14 Å². The molecule has 0 fully saturated rings. The third-order valence-corrected chi connectivity index (χ3v) is 29.2. The molecule has 131 heavy (non-hydrogen) atoms. The maximum absolute atomic E-state index is 14.9. The normalized spacial score (nSPS) is 11.7. The average molecular weight is 1750 g/mol. The number of benzene rings is 18. The monoisotopic (exact) mass is 1750 g/mol. The molecule has 616 valence electrons. The van der Waals surface area contributed by atoms with Crippen LogP contribution in [-0.4, -0.2) is 60.3 Å². The summed E-state index contributed by atoms with van der Waals surface area (Å²) in [7, 11) is -3.07. The Labute approximate surface area is 763 Å². The van der Waals surface area contributed by atoms with Crippen molar-refractivity contribution in [3.63, 3.8) is 0 Å². The largest absolute Gasteiger partial charge is 0.309 e. The Morgan fingerprint density at radius 1 is 0.206 bits per heavy atom. The lowest BCUT2D eigenvalue weighted by Crippen LogP contribution is -2.24. The Bertz CT molecular complexity index is 8870. The van der Waals surface area contributed by atoms with Crippen LogP contribution in [-0.2, 0) is 4.57 Å². The Kier molecular flexibility index (Phi) is 19.7. The molecule has 0 bridgehead atoms. The highest BCUT2D eigenvalue weighted by Crippen LogP contribution is 2.48. The zero-order valence-electron chi connectivity index (χ0n) is 69.8. The molecule has 0 aliphatic rings. The molecule has 0 unspecified atom stereocenters. The van der Waals surface area contributed by atoms with Crippen LogP contribution in [0.4, 0.5) is 0 Å². The number of pyridine rings is 3. The molecule has 0 aliphatic carbocycles. The van der Waals surface area contributed by atoms with E-state index in [1.54, 1.807) is 0 Å². The molecule has 0 spiro atoms. The summed E-state index contributed by atoms with van der Waals surface area (Å²) in [5.41, 5.74) is 28.7. The van der Waals surface area contributed by atoms with E-state index in [1.165, 1.54) is 35.2 Å². The van der Waals surface area contributed by atoms with Gasteiger partial charge >= 0.3 is 0 Å². The van der Waals surface area contributed by atoms with Gasteiger partial charge in [0.1, 0.15) is 44.7 Å². The van der Waals surface area contributed by atoms with Gasteiger partial charge in [-0.15, -0.1) is 0 Å². The molecule has 0 radical (unpaired) electrons. The van der Waals surface area contributed by atoms with E-state index in [1.807, 2.05) is 152 Å². The Morgan fingerprint density at radius 3 is 0.832 bits per heavy atom.